The zero-order chi connectivity index (χ0) is 23.3. The largest absolute Gasteiger partial charge is 0.481 e. The number of nitrogens with zero attached hydrogens (tertiary/aromatic N) is 1. The lowest BCUT2D eigenvalue weighted by molar-refractivity contribution is -0.137. The Morgan fingerprint density at radius 2 is 1.81 bits per heavy atom. The smallest absolute Gasteiger partial charge is 0.319 e. The third kappa shape index (κ3) is 5.99. The number of carboxylic acids is 1. The molecule has 0 saturated heterocycles. The second kappa shape index (κ2) is 10.5. The minimum atomic E-state index is -1.06. The van der Waals surface area contributed by atoms with Crippen molar-refractivity contribution in [1.29, 1.82) is 0 Å². The van der Waals surface area contributed by atoms with E-state index in [1.54, 1.807) is 36.5 Å². The highest BCUT2D eigenvalue weighted by molar-refractivity contribution is 9.10. The molecule has 0 aliphatic rings. The molecule has 1 heterocycles. The molecule has 2 aromatic carbocycles. The Kier molecular flexibility index (Phi) is 7.71. The van der Waals surface area contributed by atoms with Gasteiger partial charge in [-0.3, -0.25) is 9.59 Å². The number of urea groups is 1. The van der Waals surface area contributed by atoms with Crippen molar-refractivity contribution in [3.8, 4) is 0 Å². The first-order chi connectivity index (χ1) is 15.2. The molecule has 0 spiro atoms. The number of carbonyl (C=O) groups is 2. The lowest BCUT2D eigenvalue weighted by atomic mass is 10.0. The third-order valence-electron chi connectivity index (χ3n) is 4.82. The predicted molar refractivity (Wildman–Crippen MR) is 127 cm³/mol. The Labute approximate surface area is 198 Å². The number of nitrogens with one attached hydrogen (secondary N) is 2. The highest BCUT2D eigenvalue weighted by Crippen LogP contribution is 2.21. The summed E-state index contributed by atoms with van der Waals surface area (Å²) in [7, 11) is 0. The van der Waals surface area contributed by atoms with Gasteiger partial charge in [-0.1, -0.05) is 59.6 Å². The number of amides is 2. The summed E-state index contributed by atoms with van der Waals surface area (Å²) in [5, 5.41) is 15.0. The molecule has 3 aromatic rings. The lowest BCUT2D eigenvalue weighted by Crippen LogP contribution is -2.36. The molecule has 1 atom stereocenters. The topological polar surface area (TPSA) is 100 Å². The number of pyridine rings is 1. The van der Waals surface area contributed by atoms with Crippen LogP contribution in [0.2, 0.25) is 5.02 Å². The summed E-state index contributed by atoms with van der Waals surface area (Å²) in [5.41, 5.74) is 2.03. The van der Waals surface area contributed by atoms with Gasteiger partial charge in [0.05, 0.1) is 19.0 Å². The van der Waals surface area contributed by atoms with Crippen molar-refractivity contribution >= 4 is 45.2 Å². The van der Waals surface area contributed by atoms with Gasteiger partial charge in [-0.05, 0) is 46.1 Å². The maximum Gasteiger partial charge on any atom is 0.319 e. The summed E-state index contributed by atoms with van der Waals surface area (Å²) in [6, 6.07) is 14.6. The maximum absolute atomic E-state index is 13.0. The Morgan fingerprint density at radius 3 is 2.47 bits per heavy atom. The fourth-order valence-corrected chi connectivity index (χ4v) is 3.72. The molecule has 0 saturated carbocycles. The molecule has 9 heteroatoms. The van der Waals surface area contributed by atoms with Crippen LogP contribution >= 0.6 is 27.5 Å². The van der Waals surface area contributed by atoms with Crippen molar-refractivity contribution in [1.82, 2.24) is 9.88 Å². The van der Waals surface area contributed by atoms with E-state index < -0.39 is 23.6 Å². The molecular formula is C23H21BrClN3O4. The molecule has 0 fully saturated rings. The van der Waals surface area contributed by atoms with Crippen LogP contribution in [0.5, 0.6) is 0 Å². The van der Waals surface area contributed by atoms with Crippen LogP contribution in [0.1, 0.15) is 29.2 Å². The molecule has 3 rings (SSSR count). The van der Waals surface area contributed by atoms with E-state index in [9.17, 15) is 19.5 Å². The van der Waals surface area contributed by atoms with Crippen LogP contribution in [0.4, 0.5) is 10.5 Å². The van der Waals surface area contributed by atoms with Crippen LogP contribution in [0.15, 0.2) is 70.1 Å². The number of anilines is 1. The van der Waals surface area contributed by atoms with Gasteiger partial charge in [0, 0.05) is 15.7 Å². The molecule has 7 nitrogen and oxygen atoms in total. The Balaban J connectivity index is 1.81. The van der Waals surface area contributed by atoms with Crippen LogP contribution in [0, 0.1) is 6.92 Å². The first-order valence-corrected chi connectivity index (χ1v) is 10.9. The minimum absolute atomic E-state index is 0.0371. The molecule has 0 unspecified atom stereocenters. The fourth-order valence-electron chi connectivity index (χ4n) is 3.13. The Morgan fingerprint density at radius 1 is 1.12 bits per heavy atom. The molecule has 0 aliphatic carbocycles. The minimum Gasteiger partial charge on any atom is -0.481 e. The molecule has 32 heavy (non-hydrogen) atoms. The third-order valence-corrected chi connectivity index (χ3v) is 5.84. The number of aryl methyl sites for hydroxylation is 1. The van der Waals surface area contributed by atoms with Crippen LogP contribution in [0.3, 0.4) is 0 Å². The van der Waals surface area contributed by atoms with Crippen molar-refractivity contribution < 1.29 is 14.7 Å². The van der Waals surface area contributed by atoms with Crippen molar-refractivity contribution in [3.05, 3.63) is 97.3 Å². The van der Waals surface area contributed by atoms with Crippen LogP contribution in [-0.2, 0) is 11.3 Å². The highest BCUT2D eigenvalue weighted by atomic mass is 79.9. The van der Waals surface area contributed by atoms with Gasteiger partial charge in [-0.15, -0.1) is 0 Å². The standard InChI is InChI=1S/C23H21BrClN3O4/c1-14-6-8-15(9-7-14)19(12-20(29)30)26-23(32)27-21-17(24)10-11-28(22(21)31)13-16-4-2-3-5-18(16)25/h2-11,19H,12-13H2,1H3,(H,29,30)(H2,26,27,32)/t19-/m0/s1. The van der Waals surface area contributed by atoms with E-state index in [1.807, 2.05) is 31.2 Å². The number of benzene rings is 2. The zero-order valence-electron chi connectivity index (χ0n) is 17.1. The summed E-state index contributed by atoms with van der Waals surface area (Å²) in [5.74, 6) is -1.06. The summed E-state index contributed by atoms with van der Waals surface area (Å²) in [6.07, 6.45) is 1.29. The van der Waals surface area contributed by atoms with E-state index in [2.05, 4.69) is 26.6 Å². The molecule has 2 amide bonds. The summed E-state index contributed by atoms with van der Waals surface area (Å²) < 4.78 is 1.83. The molecule has 0 bridgehead atoms. The number of halogens is 2. The van der Waals surface area contributed by atoms with E-state index in [0.29, 0.717) is 15.1 Å². The van der Waals surface area contributed by atoms with Crippen molar-refractivity contribution in [2.45, 2.75) is 25.9 Å². The van der Waals surface area contributed by atoms with Gasteiger partial charge in [0.25, 0.3) is 5.56 Å². The second-order valence-electron chi connectivity index (χ2n) is 7.22. The van der Waals surface area contributed by atoms with Crippen LogP contribution < -0.4 is 16.2 Å². The summed E-state index contributed by atoms with van der Waals surface area (Å²) in [4.78, 5) is 36.9. The van der Waals surface area contributed by atoms with Crippen LogP contribution in [-0.4, -0.2) is 21.7 Å². The number of carbonyl (C=O) groups excluding carboxylic acids is 1. The van der Waals surface area contributed by atoms with E-state index in [4.69, 9.17) is 11.6 Å². The normalized spacial score (nSPS) is 11.6. The number of rotatable bonds is 7. The number of aromatic nitrogens is 1. The molecule has 166 valence electrons. The van der Waals surface area contributed by atoms with Crippen molar-refractivity contribution in [2.24, 2.45) is 0 Å². The van der Waals surface area contributed by atoms with E-state index in [0.717, 1.165) is 11.1 Å². The fraction of sp³-hybridized carbons (Fsp3) is 0.174. The van der Waals surface area contributed by atoms with Crippen molar-refractivity contribution in [2.75, 3.05) is 5.32 Å². The molecular weight excluding hydrogens is 498 g/mol. The van der Waals surface area contributed by atoms with E-state index in [-0.39, 0.29) is 18.7 Å². The number of hydrogen-bond donors (Lipinski definition) is 3. The Hall–Kier alpha value is -3.10. The summed E-state index contributed by atoms with van der Waals surface area (Å²) in [6.45, 7) is 2.14. The maximum atomic E-state index is 13.0. The quantitative estimate of drug-likeness (QED) is 0.412. The second-order valence-corrected chi connectivity index (χ2v) is 8.48. The van der Waals surface area contributed by atoms with Gasteiger partial charge in [0.15, 0.2) is 0 Å². The monoisotopic (exact) mass is 517 g/mol. The van der Waals surface area contributed by atoms with E-state index >= 15 is 0 Å². The van der Waals surface area contributed by atoms with Crippen LogP contribution in [0.25, 0.3) is 0 Å². The molecule has 0 radical (unpaired) electrons. The average molecular weight is 519 g/mol. The highest BCUT2D eigenvalue weighted by Gasteiger charge is 2.20. The SMILES string of the molecule is Cc1ccc([C@H](CC(=O)O)NC(=O)Nc2c(Br)ccn(Cc3ccccc3Cl)c2=O)cc1. The van der Waals surface area contributed by atoms with Gasteiger partial charge in [0.1, 0.15) is 5.69 Å². The lowest BCUT2D eigenvalue weighted by Gasteiger charge is -2.19. The van der Waals surface area contributed by atoms with Crippen molar-refractivity contribution in [3.63, 3.8) is 0 Å². The molecule has 1 aromatic heterocycles. The van der Waals surface area contributed by atoms with Gasteiger partial charge in [-0.25, -0.2) is 4.79 Å². The number of hydrogen-bond acceptors (Lipinski definition) is 3. The molecule has 0 aliphatic heterocycles. The average Bonchev–Trinajstić information content (AvgIpc) is 2.74. The number of carboxylic acid groups (broad SMARTS) is 1. The summed E-state index contributed by atoms with van der Waals surface area (Å²) >= 11 is 9.49. The molecule has 3 N–H and O–H groups in total. The van der Waals surface area contributed by atoms with Gasteiger partial charge >= 0.3 is 12.0 Å². The predicted octanol–water partition coefficient (Wildman–Crippen LogP) is 4.96. The van der Waals surface area contributed by atoms with Gasteiger partial charge in [-0.2, -0.15) is 0 Å². The zero-order valence-corrected chi connectivity index (χ0v) is 19.5. The van der Waals surface area contributed by atoms with Gasteiger partial charge in [0.2, 0.25) is 0 Å². The van der Waals surface area contributed by atoms with Gasteiger partial charge < -0.3 is 20.3 Å². The first-order valence-electron chi connectivity index (χ1n) is 9.73. The number of aliphatic carboxylic acids is 1. The first kappa shape index (κ1) is 23.6. The van der Waals surface area contributed by atoms with E-state index in [1.165, 1.54) is 4.57 Å². The Bertz CT molecular complexity index is 1190.